The second-order valence-electron chi connectivity index (χ2n) is 5.15. The quantitative estimate of drug-likeness (QED) is 0.659. The van der Waals surface area contributed by atoms with Crippen LogP contribution in [0.3, 0.4) is 0 Å². The van der Waals surface area contributed by atoms with Gasteiger partial charge in [0.15, 0.2) is 11.0 Å². The zero-order valence-corrected chi connectivity index (χ0v) is 12.9. The minimum absolute atomic E-state index is 0.0192. The van der Waals surface area contributed by atoms with E-state index in [0.717, 1.165) is 0 Å². The number of fused-ring (bicyclic) bond motifs is 1. The number of rotatable bonds is 5. The summed E-state index contributed by atoms with van der Waals surface area (Å²) in [7, 11) is 0. The molecule has 2 heterocycles. The lowest BCUT2D eigenvalue weighted by Crippen LogP contribution is -2.42. The van der Waals surface area contributed by atoms with Gasteiger partial charge in [0.25, 0.3) is 5.91 Å². The van der Waals surface area contributed by atoms with Gasteiger partial charge in [0.05, 0.1) is 0 Å². The van der Waals surface area contributed by atoms with Gasteiger partial charge in [0, 0.05) is 23.5 Å². The van der Waals surface area contributed by atoms with Crippen molar-refractivity contribution in [1.29, 1.82) is 0 Å². The summed E-state index contributed by atoms with van der Waals surface area (Å²) in [5, 5.41) is 12.0. The number of hydrogen-bond donors (Lipinski definition) is 3. The molecule has 0 aliphatic carbocycles. The Labute approximate surface area is 140 Å². The Morgan fingerprint density at radius 2 is 2.12 bits per heavy atom. The molecule has 8 heteroatoms. The number of aliphatic carboxylic acids is 1. The van der Waals surface area contributed by atoms with Crippen LogP contribution in [-0.4, -0.2) is 28.0 Å². The van der Waals surface area contributed by atoms with E-state index in [1.165, 1.54) is 24.4 Å². The molecule has 3 rings (SSSR count). The van der Waals surface area contributed by atoms with E-state index >= 15 is 0 Å². The van der Waals surface area contributed by atoms with E-state index in [2.05, 4.69) is 10.3 Å². The zero-order valence-electron chi connectivity index (χ0n) is 12.2. The van der Waals surface area contributed by atoms with Crippen molar-refractivity contribution in [1.82, 2.24) is 10.3 Å². The average Bonchev–Trinajstić information content (AvgIpc) is 3.14. The molecule has 24 heavy (non-hydrogen) atoms. The summed E-state index contributed by atoms with van der Waals surface area (Å²) in [5.41, 5.74) is 1.01. The summed E-state index contributed by atoms with van der Waals surface area (Å²) in [6.07, 6.45) is 1.44. The predicted molar refractivity (Wildman–Crippen MR) is 84.6 cm³/mol. The number of H-pyrrole nitrogens is 1. The molecule has 6 nitrogen and oxygen atoms in total. The molecule has 1 atom stereocenters. The Balaban J connectivity index is 1.83. The minimum atomic E-state index is -1.25. The Bertz CT molecular complexity index is 918. The number of halogens is 2. The summed E-state index contributed by atoms with van der Waals surface area (Å²) in [6.45, 7) is 0. The van der Waals surface area contributed by atoms with Crippen molar-refractivity contribution in [3.05, 3.63) is 58.9 Å². The van der Waals surface area contributed by atoms with Gasteiger partial charge in [0.1, 0.15) is 11.9 Å². The van der Waals surface area contributed by atoms with Gasteiger partial charge >= 0.3 is 5.97 Å². The molecule has 0 aliphatic heterocycles. The molecule has 0 saturated heterocycles. The van der Waals surface area contributed by atoms with Crippen molar-refractivity contribution >= 4 is 34.4 Å². The van der Waals surface area contributed by atoms with Gasteiger partial charge in [-0.1, -0.05) is 6.07 Å². The van der Waals surface area contributed by atoms with Crippen LogP contribution in [0.25, 0.3) is 10.9 Å². The fourth-order valence-corrected chi connectivity index (χ4v) is 2.60. The molecule has 0 radical (unpaired) electrons. The molecular formula is C16H12ClFN2O4. The maximum absolute atomic E-state index is 14.0. The second kappa shape index (κ2) is 6.37. The smallest absolute Gasteiger partial charge is 0.326 e. The van der Waals surface area contributed by atoms with E-state index in [0.29, 0.717) is 16.5 Å². The summed E-state index contributed by atoms with van der Waals surface area (Å²) in [5.74, 6) is -2.52. The largest absolute Gasteiger partial charge is 0.480 e. The third kappa shape index (κ3) is 3.11. The molecule has 3 aromatic rings. The summed E-state index contributed by atoms with van der Waals surface area (Å²) < 4.78 is 18.9. The first-order valence-electron chi connectivity index (χ1n) is 6.99. The third-order valence-corrected chi connectivity index (χ3v) is 3.76. The van der Waals surface area contributed by atoms with Gasteiger partial charge in [-0.25, -0.2) is 9.18 Å². The number of aromatic nitrogens is 1. The zero-order chi connectivity index (χ0) is 17.3. The first-order chi connectivity index (χ1) is 11.5. The van der Waals surface area contributed by atoms with Crippen LogP contribution in [0.1, 0.15) is 16.1 Å². The van der Waals surface area contributed by atoms with Gasteiger partial charge in [-0.15, -0.1) is 0 Å². The van der Waals surface area contributed by atoms with Crippen LogP contribution in [0.5, 0.6) is 0 Å². The van der Waals surface area contributed by atoms with Gasteiger partial charge in [0.2, 0.25) is 0 Å². The molecule has 0 fully saturated rings. The van der Waals surface area contributed by atoms with Crippen LogP contribution >= 0.6 is 11.6 Å². The fourth-order valence-electron chi connectivity index (χ4n) is 2.45. The summed E-state index contributed by atoms with van der Waals surface area (Å²) in [6, 6.07) is 5.98. The van der Waals surface area contributed by atoms with Gasteiger partial charge in [-0.05, 0) is 41.4 Å². The second-order valence-corrected chi connectivity index (χ2v) is 5.52. The molecule has 1 amide bonds. The molecule has 124 valence electrons. The number of carbonyl (C=O) groups excluding carboxylic acids is 1. The lowest BCUT2D eigenvalue weighted by Gasteiger charge is -2.13. The highest BCUT2D eigenvalue weighted by atomic mass is 35.5. The van der Waals surface area contributed by atoms with E-state index in [1.54, 1.807) is 12.1 Å². The Morgan fingerprint density at radius 3 is 2.79 bits per heavy atom. The van der Waals surface area contributed by atoms with Crippen molar-refractivity contribution in [2.24, 2.45) is 0 Å². The van der Waals surface area contributed by atoms with Gasteiger partial charge in [-0.2, -0.15) is 0 Å². The Kier molecular flexibility index (Phi) is 4.26. The molecule has 0 saturated carbocycles. The monoisotopic (exact) mass is 350 g/mol. The Morgan fingerprint density at radius 1 is 1.33 bits per heavy atom. The SMILES string of the molecule is O=C(NC(Cc1c[nH]c2cccc(F)c12)C(=O)O)c1ccc(Cl)o1. The number of benzene rings is 1. The molecule has 1 aromatic carbocycles. The highest BCUT2D eigenvalue weighted by Gasteiger charge is 2.24. The maximum Gasteiger partial charge on any atom is 0.326 e. The third-order valence-electron chi connectivity index (χ3n) is 3.56. The number of carbonyl (C=O) groups is 2. The molecule has 3 N–H and O–H groups in total. The van der Waals surface area contributed by atoms with E-state index in [-0.39, 0.29) is 17.4 Å². The number of aromatic amines is 1. The van der Waals surface area contributed by atoms with Crippen molar-refractivity contribution in [3.63, 3.8) is 0 Å². The number of carboxylic acids is 1. The molecular weight excluding hydrogens is 339 g/mol. The highest BCUT2D eigenvalue weighted by molar-refractivity contribution is 6.29. The standard InChI is InChI=1S/C16H12ClFN2O4/c17-13-5-4-12(24-13)15(21)20-11(16(22)23)6-8-7-19-10-3-1-2-9(18)14(8)10/h1-5,7,11,19H,6H2,(H,20,21)(H,22,23). The maximum atomic E-state index is 14.0. The lowest BCUT2D eigenvalue weighted by atomic mass is 10.0. The average molecular weight is 351 g/mol. The number of hydrogen-bond acceptors (Lipinski definition) is 3. The number of nitrogens with one attached hydrogen (secondary N) is 2. The van der Waals surface area contributed by atoms with Crippen LogP contribution in [0, 0.1) is 5.82 Å². The molecule has 1 unspecified atom stereocenters. The topological polar surface area (TPSA) is 95.3 Å². The minimum Gasteiger partial charge on any atom is -0.480 e. The van der Waals surface area contributed by atoms with Crippen LogP contribution in [0.4, 0.5) is 4.39 Å². The normalized spacial score (nSPS) is 12.2. The predicted octanol–water partition coefficient (Wildman–Crippen LogP) is 2.98. The van der Waals surface area contributed by atoms with Crippen LogP contribution < -0.4 is 5.32 Å². The van der Waals surface area contributed by atoms with Crippen molar-refractivity contribution in [2.45, 2.75) is 12.5 Å². The van der Waals surface area contributed by atoms with Crippen LogP contribution in [-0.2, 0) is 11.2 Å². The first-order valence-corrected chi connectivity index (χ1v) is 7.37. The number of furan rings is 1. The van der Waals surface area contributed by atoms with Gasteiger partial charge < -0.3 is 19.8 Å². The van der Waals surface area contributed by atoms with E-state index in [9.17, 15) is 19.1 Å². The van der Waals surface area contributed by atoms with Crippen LogP contribution in [0.15, 0.2) is 40.9 Å². The summed E-state index contributed by atoms with van der Waals surface area (Å²) >= 11 is 5.59. The van der Waals surface area contributed by atoms with Crippen molar-refractivity contribution < 1.29 is 23.5 Å². The fraction of sp³-hybridized carbons (Fsp3) is 0.125. The van der Waals surface area contributed by atoms with Crippen molar-refractivity contribution in [2.75, 3.05) is 0 Å². The molecule has 0 aliphatic rings. The van der Waals surface area contributed by atoms with E-state index in [1.807, 2.05) is 0 Å². The van der Waals surface area contributed by atoms with E-state index < -0.39 is 23.7 Å². The molecule has 0 bridgehead atoms. The number of carboxylic acid groups (broad SMARTS) is 1. The lowest BCUT2D eigenvalue weighted by molar-refractivity contribution is -0.139. The molecule has 0 spiro atoms. The van der Waals surface area contributed by atoms with Crippen molar-refractivity contribution in [3.8, 4) is 0 Å². The van der Waals surface area contributed by atoms with E-state index in [4.69, 9.17) is 16.0 Å². The number of amides is 1. The Hall–Kier alpha value is -2.80. The first kappa shape index (κ1) is 16.1. The molecule has 2 aromatic heterocycles. The summed E-state index contributed by atoms with van der Waals surface area (Å²) in [4.78, 5) is 26.3. The van der Waals surface area contributed by atoms with Crippen LogP contribution in [0.2, 0.25) is 5.22 Å². The highest BCUT2D eigenvalue weighted by Crippen LogP contribution is 2.23. The van der Waals surface area contributed by atoms with Gasteiger partial charge in [-0.3, -0.25) is 4.79 Å².